The van der Waals surface area contributed by atoms with E-state index in [-0.39, 0.29) is 0 Å². The summed E-state index contributed by atoms with van der Waals surface area (Å²) in [6.45, 7) is 0.850. The summed E-state index contributed by atoms with van der Waals surface area (Å²) >= 11 is 3.56. The molecule has 2 atom stereocenters. The van der Waals surface area contributed by atoms with Crippen LogP contribution in [0.25, 0.3) is 0 Å². The van der Waals surface area contributed by atoms with Crippen LogP contribution in [0.4, 0.5) is 0 Å². The van der Waals surface area contributed by atoms with Crippen molar-refractivity contribution in [3.05, 3.63) is 34.3 Å². The third-order valence-corrected chi connectivity index (χ3v) is 4.60. The van der Waals surface area contributed by atoms with Crippen molar-refractivity contribution < 1.29 is 0 Å². The predicted octanol–water partition coefficient (Wildman–Crippen LogP) is 3.08. The normalized spacial score (nSPS) is 34.1. The molecule has 15 heavy (non-hydrogen) atoms. The van der Waals surface area contributed by atoms with Crippen molar-refractivity contribution in [2.24, 2.45) is 17.6 Å². The molecule has 0 radical (unpaired) electrons. The third-order valence-electron chi connectivity index (χ3n) is 4.10. The molecular formula is C13H16BrN. The fourth-order valence-electron chi connectivity index (χ4n) is 3.11. The first-order valence-corrected chi connectivity index (χ1v) is 6.53. The average molecular weight is 266 g/mol. The van der Waals surface area contributed by atoms with Crippen molar-refractivity contribution >= 4 is 15.9 Å². The van der Waals surface area contributed by atoms with Gasteiger partial charge >= 0.3 is 0 Å². The maximum absolute atomic E-state index is 5.84. The van der Waals surface area contributed by atoms with E-state index in [0.29, 0.717) is 5.41 Å². The summed E-state index contributed by atoms with van der Waals surface area (Å²) in [5, 5.41) is 0. The molecule has 2 heteroatoms. The van der Waals surface area contributed by atoms with Crippen molar-refractivity contribution in [2.75, 3.05) is 6.54 Å². The van der Waals surface area contributed by atoms with Crippen LogP contribution in [0.5, 0.6) is 0 Å². The Kier molecular flexibility index (Phi) is 2.18. The van der Waals surface area contributed by atoms with E-state index in [1.165, 1.54) is 29.3 Å². The second kappa shape index (κ2) is 3.33. The van der Waals surface area contributed by atoms with Crippen molar-refractivity contribution in [2.45, 2.75) is 24.7 Å². The highest BCUT2D eigenvalue weighted by Gasteiger charge is 2.61. The molecule has 0 amide bonds. The Hall–Kier alpha value is -0.340. The van der Waals surface area contributed by atoms with Gasteiger partial charge in [0.05, 0.1) is 0 Å². The maximum atomic E-state index is 5.84. The number of hydrogen-bond acceptors (Lipinski definition) is 1. The molecule has 2 aliphatic carbocycles. The van der Waals surface area contributed by atoms with Gasteiger partial charge in [0, 0.05) is 9.89 Å². The van der Waals surface area contributed by atoms with Crippen molar-refractivity contribution in [3.63, 3.8) is 0 Å². The molecule has 1 nitrogen and oxygen atoms in total. The number of benzene rings is 1. The van der Waals surface area contributed by atoms with E-state index < -0.39 is 0 Å². The van der Waals surface area contributed by atoms with Gasteiger partial charge in [-0.2, -0.15) is 0 Å². The SMILES string of the molecule is NC[C@@H]1CC1(c1cccc(Br)c1)C1CC1. The monoisotopic (exact) mass is 265 g/mol. The van der Waals surface area contributed by atoms with Crippen LogP contribution in [-0.4, -0.2) is 6.54 Å². The van der Waals surface area contributed by atoms with Gasteiger partial charge in [0.25, 0.3) is 0 Å². The van der Waals surface area contributed by atoms with Gasteiger partial charge in [-0.05, 0) is 55.3 Å². The Morgan fingerprint density at radius 3 is 2.73 bits per heavy atom. The molecule has 2 saturated carbocycles. The lowest BCUT2D eigenvalue weighted by Crippen LogP contribution is -2.17. The van der Waals surface area contributed by atoms with Crippen LogP contribution < -0.4 is 5.73 Å². The van der Waals surface area contributed by atoms with Gasteiger partial charge in [0.15, 0.2) is 0 Å². The summed E-state index contributed by atoms with van der Waals surface area (Å²) in [5.41, 5.74) is 7.80. The molecular weight excluding hydrogens is 250 g/mol. The Bertz CT molecular complexity index is 386. The Morgan fingerprint density at radius 1 is 1.40 bits per heavy atom. The lowest BCUT2D eigenvalue weighted by Gasteiger charge is -2.17. The van der Waals surface area contributed by atoms with Crippen LogP contribution in [0.15, 0.2) is 28.7 Å². The number of nitrogens with two attached hydrogens (primary N) is 1. The summed E-state index contributed by atoms with van der Waals surface area (Å²) in [6.07, 6.45) is 4.12. The molecule has 0 heterocycles. The van der Waals surface area contributed by atoms with Crippen molar-refractivity contribution in [3.8, 4) is 0 Å². The lowest BCUT2D eigenvalue weighted by molar-refractivity contribution is 0.535. The summed E-state index contributed by atoms with van der Waals surface area (Å²) < 4.78 is 1.20. The fraction of sp³-hybridized carbons (Fsp3) is 0.538. The first kappa shape index (κ1) is 9.86. The average Bonchev–Trinajstić information content (AvgIpc) is 3.11. The Morgan fingerprint density at radius 2 is 2.20 bits per heavy atom. The number of halogens is 1. The zero-order valence-corrected chi connectivity index (χ0v) is 10.3. The van der Waals surface area contributed by atoms with E-state index >= 15 is 0 Å². The predicted molar refractivity (Wildman–Crippen MR) is 65.7 cm³/mol. The molecule has 0 aliphatic heterocycles. The van der Waals surface area contributed by atoms with Crippen LogP contribution in [0.1, 0.15) is 24.8 Å². The van der Waals surface area contributed by atoms with Gasteiger partial charge in [-0.1, -0.05) is 28.1 Å². The van der Waals surface area contributed by atoms with Gasteiger partial charge in [0.1, 0.15) is 0 Å². The molecule has 1 unspecified atom stereocenters. The summed E-state index contributed by atoms with van der Waals surface area (Å²) in [5.74, 6) is 1.65. The first-order valence-electron chi connectivity index (χ1n) is 5.73. The summed E-state index contributed by atoms with van der Waals surface area (Å²) in [4.78, 5) is 0. The highest BCUT2D eigenvalue weighted by molar-refractivity contribution is 9.10. The second-order valence-electron chi connectivity index (χ2n) is 4.96. The van der Waals surface area contributed by atoms with Crippen molar-refractivity contribution in [1.82, 2.24) is 0 Å². The minimum absolute atomic E-state index is 0.457. The molecule has 2 fully saturated rings. The largest absolute Gasteiger partial charge is 0.330 e. The summed E-state index contributed by atoms with van der Waals surface area (Å²) in [7, 11) is 0. The van der Waals surface area contributed by atoms with E-state index in [1.54, 1.807) is 0 Å². The van der Waals surface area contributed by atoms with E-state index in [0.717, 1.165) is 18.4 Å². The Balaban J connectivity index is 1.97. The van der Waals surface area contributed by atoms with Crippen LogP contribution >= 0.6 is 15.9 Å². The smallest absolute Gasteiger partial charge is 0.0178 e. The quantitative estimate of drug-likeness (QED) is 0.894. The van der Waals surface area contributed by atoms with Gasteiger partial charge in [-0.3, -0.25) is 0 Å². The van der Waals surface area contributed by atoms with Crippen LogP contribution in [0, 0.1) is 11.8 Å². The van der Waals surface area contributed by atoms with Crippen molar-refractivity contribution in [1.29, 1.82) is 0 Å². The lowest BCUT2D eigenvalue weighted by atomic mass is 9.88. The zero-order chi connectivity index (χ0) is 10.5. The van der Waals surface area contributed by atoms with E-state index in [4.69, 9.17) is 5.73 Å². The highest BCUT2D eigenvalue weighted by atomic mass is 79.9. The minimum atomic E-state index is 0.457. The standard InChI is InChI=1S/C13H16BrN/c14-12-3-1-2-10(6-12)13(9-4-5-9)7-11(13)8-15/h1-3,6,9,11H,4-5,7-8,15H2/t11-,13?/m0/s1. The molecule has 1 aromatic carbocycles. The molecule has 0 bridgehead atoms. The molecule has 2 N–H and O–H groups in total. The fourth-order valence-corrected chi connectivity index (χ4v) is 3.51. The molecule has 0 spiro atoms. The summed E-state index contributed by atoms with van der Waals surface area (Å²) in [6, 6.07) is 8.81. The van der Waals surface area contributed by atoms with E-state index in [2.05, 4.69) is 40.2 Å². The minimum Gasteiger partial charge on any atom is -0.330 e. The highest BCUT2D eigenvalue weighted by Crippen LogP contribution is 2.65. The molecule has 80 valence electrons. The zero-order valence-electron chi connectivity index (χ0n) is 8.75. The van der Waals surface area contributed by atoms with Gasteiger partial charge < -0.3 is 5.73 Å². The van der Waals surface area contributed by atoms with Crippen LogP contribution in [0.3, 0.4) is 0 Å². The number of hydrogen-bond donors (Lipinski definition) is 1. The Labute approximate surface area is 99.2 Å². The number of rotatable bonds is 3. The van der Waals surface area contributed by atoms with Crippen LogP contribution in [0.2, 0.25) is 0 Å². The molecule has 2 aliphatic rings. The van der Waals surface area contributed by atoms with E-state index in [9.17, 15) is 0 Å². The second-order valence-corrected chi connectivity index (χ2v) is 5.88. The third kappa shape index (κ3) is 1.46. The van der Waals surface area contributed by atoms with Gasteiger partial charge in [-0.15, -0.1) is 0 Å². The molecule has 0 aromatic heterocycles. The maximum Gasteiger partial charge on any atom is 0.0178 e. The molecule has 3 rings (SSSR count). The molecule has 0 saturated heterocycles. The molecule has 1 aromatic rings. The van der Waals surface area contributed by atoms with Gasteiger partial charge in [0.2, 0.25) is 0 Å². The first-order chi connectivity index (χ1) is 7.27. The topological polar surface area (TPSA) is 26.0 Å². The van der Waals surface area contributed by atoms with E-state index in [1.807, 2.05) is 0 Å². The van der Waals surface area contributed by atoms with Crippen LogP contribution in [-0.2, 0) is 5.41 Å². The van der Waals surface area contributed by atoms with Gasteiger partial charge in [-0.25, -0.2) is 0 Å².